The third-order valence-electron chi connectivity index (χ3n) is 2.71. The molecule has 2 rings (SSSR count). The van der Waals surface area contributed by atoms with Gasteiger partial charge in [-0.15, -0.1) is 0 Å². The van der Waals surface area contributed by atoms with Crippen molar-refractivity contribution in [2.24, 2.45) is 0 Å². The lowest BCUT2D eigenvalue weighted by molar-refractivity contribution is 0.404. The lowest BCUT2D eigenvalue weighted by atomic mass is 10.0. The van der Waals surface area contributed by atoms with Gasteiger partial charge in [-0.2, -0.15) is 0 Å². The summed E-state index contributed by atoms with van der Waals surface area (Å²) in [5.74, 6) is 1.49. The van der Waals surface area contributed by atoms with Gasteiger partial charge in [0.1, 0.15) is 11.5 Å². The summed E-state index contributed by atoms with van der Waals surface area (Å²) in [6.07, 6.45) is 0. The SMILES string of the molecule is COc1ccc(OC)c(-c2ccc(Cl)cc2N)c1. The molecular formula is C14H14ClNO2. The second-order valence-corrected chi connectivity index (χ2v) is 4.23. The molecule has 0 heterocycles. The quantitative estimate of drug-likeness (QED) is 0.861. The van der Waals surface area contributed by atoms with Gasteiger partial charge in [0.2, 0.25) is 0 Å². The van der Waals surface area contributed by atoms with Crippen molar-refractivity contribution in [2.75, 3.05) is 20.0 Å². The van der Waals surface area contributed by atoms with Crippen LogP contribution in [0.5, 0.6) is 11.5 Å². The molecule has 4 heteroatoms. The van der Waals surface area contributed by atoms with Crippen molar-refractivity contribution in [3.63, 3.8) is 0 Å². The van der Waals surface area contributed by atoms with Crippen LogP contribution in [-0.4, -0.2) is 14.2 Å². The fourth-order valence-electron chi connectivity index (χ4n) is 1.80. The Kier molecular flexibility index (Phi) is 3.63. The van der Waals surface area contributed by atoms with Crippen LogP contribution in [0.3, 0.4) is 0 Å². The van der Waals surface area contributed by atoms with Crippen LogP contribution in [-0.2, 0) is 0 Å². The summed E-state index contributed by atoms with van der Waals surface area (Å²) in [6, 6.07) is 11.0. The smallest absolute Gasteiger partial charge is 0.127 e. The van der Waals surface area contributed by atoms with Crippen molar-refractivity contribution in [3.05, 3.63) is 41.4 Å². The first-order chi connectivity index (χ1) is 8.65. The van der Waals surface area contributed by atoms with Gasteiger partial charge in [0.05, 0.1) is 14.2 Å². The van der Waals surface area contributed by atoms with Crippen molar-refractivity contribution in [2.45, 2.75) is 0 Å². The maximum Gasteiger partial charge on any atom is 0.127 e. The second-order valence-electron chi connectivity index (χ2n) is 3.80. The van der Waals surface area contributed by atoms with E-state index in [2.05, 4.69) is 0 Å². The van der Waals surface area contributed by atoms with Gasteiger partial charge in [-0.3, -0.25) is 0 Å². The molecular weight excluding hydrogens is 250 g/mol. The summed E-state index contributed by atoms with van der Waals surface area (Å²) in [6.45, 7) is 0. The lowest BCUT2D eigenvalue weighted by Gasteiger charge is -2.12. The zero-order valence-corrected chi connectivity index (χ0v) is 11.0. The molecule has 0 atom stereocenters. The molecule has 0 aliphatic heterocycles. The minimum atomic E-state index is 0.606. The predicted octanol–water partition coefficient (Wildman–Crippen LogP) is 3.61. The first kappa shape index (κ1) is 12.6. The average Bonchev–Trinajstić information content (AvgIpc) is 2.38. The van der Waals surface area contributed by atoms with Crippen LogP contribution < -0.4 is 15.2 Å². The Morgan fingerprint density at radius 1 is 0.944 bits per heavy atom. The van der Waals surface area contributed by atoms with E-state index < -0.39 is 0 Å². The number of benzene rings is 2. The molecule has 94 valence electrons. The highest BCUT2D eigenvalue weighted by molar-refractivity contribution is 6.31. The van der Waals surface area contributed by atoms with Crippen molar-refractivity contribution in [1.29, 1.82) is 0 Å². The van der Waals surface area contributed by atoms with Crippen LogP contribution in [0, 0.1) is 0 Å². The van der Waals surface area contributed by atoms with Gasteiger partial charge in [0, 0.05) is 21.8 Å². The van der Waals surface area contributed by atoms with Crippen LogP contribution in [0.15, 0.2) is 36.4 Å². The highest BCUT2D eigenvalue weighted by Crippen LogP contribution is 2.37. The van der Waals surface area contributed by atoms with Crippen LogP contribution >= 0.6 is 11.6 Å². The number of halogens is 1. The number of rotatable bonds is 3. The van der Waals surface area contributed by atoms with Gasteiger partial charge in [-0.1, -0.05) is 17.7 Å². The molecule has 0 radical (unpaired) electrons. The molecule has 0 aliphatic carbocycles. The third-order valence-corrected chi connectivity index (χ3v) is 2.95. The first-order valence-electron chi connectivity index (χ1n) is 5.43. The summed E-state index contributed by atoms with van der Waals surface area (Å²) in [7, 11) is 3.24. The molecule has 3 nitrogen and oxygen atoms in total. The van der Waals surface area contributed by atoms with Gasteiger partial charge in [0.25, 0.3) is 0 Å². The van der Waals surface area contributed by atoms with E-state index in [0.29, 0.717) is 10.7 Å². The van der Waals surface area contributed by atoms with E-state index in [4.69, 9.17) is 26.8 Å². The van der Waals surface area contributed by atoms with Gasteiger partial charge >= 0.3 is 0 Å². The van der Waals surface area contributed by atoms with E-state index in [9.17, 15) is 0 Å². The predicted molar refractivity (Wildman–Crippen MR) is 74.4 cm³/mol. The maximum absolute atomic E-state index is 5.99. The highest BCUT2D eigenvalue weighted by Gasteiger charge is 2.10. The van der Waals surface area contributed by atoms with Crippen LogP contribution in [0.1, 0.15) is 0 Å². The van der Waals surface area contributed by atoms with E-state index in [1.165, 1.54) is 0 Å². The van der Waals surface area contributed by atoms with Gasteiger partial charge in [-0.25, -0.2) is 0 Å². The minimum Gasteiger partial charge on any atom is -0.497 e. The van der Waals surface area contributed by atoms with Gasteiger partial charge < -0.3 is 15.2 Å². The molecule has 0 amide bonds. The van der Waals surface area contributed by atoms with Gasteiger partial charge in [-0.05, 0) is 30.3 Å². The Balaban J connectivity index is 2.60. The zero-order valence-electron chi connectivity index (χ0n) is 10.2. The van der Waals surface area contributed by atoms with Crippen LogP contribution in [0.25, 0.3) is 11.1 Å². The molecule has 2 aromatic rings. The molecule has 0 aliphatic rings. The Morgan fingerprint density at radius 3 is 2.33 bits per heavy atom. The number of nitrogens with two attached hydrogens (primary N) is 1. The number of methoxy groups -OCH3 is 2. The summed E-state index contributed by atoms with van der Waals surface area (Å²) in [4.78, 5) is 0. The van der Waals surface area contributed by atoms with E-state index in [1.807, 2.05) is 24.3 Å². The van der Waals surface area contributed by atoms with E-state index in [1.54, 1.807) is 26.4 Å². The standard InChI is InChI=1S/C14H14ClNO2/c1-17-10-4-6-14(18-2)12(8-10)11-5-3-9(15)7-13(11)16/h3-8H,16H2,1-2H3. The lowest BCUT2D eigenvalue weighted by Crippen LogP contribution is -1.94. The average molecular weight is 264 g/mol. The molecule has 0 saturated carbocycles. The molecule has 0 spiro atoms. The first-order valence-corrected chi connectivity index (χ1v) is 5.81. The number of nitrogen functional groups attached to an aromatic ring is 1. The molecule has 2 N–H and O–H groups in total. The summed E-state index contributed by atoms with van der Waals surface area (Å²) in [5, 5.41) is 0.609. The molecule has 0 saturated heterocycles. The Morgan fingerprint density at radius 2 is 1.72 bits per heavy atom. The fraction of sp³-hybridized carbons (Fsp3) is 0.143. The van der Waals surface area contributed by atoms with Crippen molar-refractivity contribution in [1.82, 2.24) is 0 Å². The molecule has 0 unspecified atom stereocenters. The topological polar surface area (TPSA) is 44.5 Å². The van der Waals surface area contributed by atoms with Crippen LogP contribution in [0.2, 0.25) is 5.02 Å². The summed E-state index contributed by atoms with van der Waals surface area (Å²) >= 11 is 5.90. The Labute approximate surface area is 111 Å². The molecule has 0 bridgehead atoms. The van der Waals surface area contributed by atoms with Crippen molar-refractivity contribution in [3.8, 4) is 22.6 Å². The van der Waals surface area contributed by atoms with E-state index >= 15 is 0 Å². The maximum atomic E-state index is 5.99. The number of hydrogen-bond donors (Lipinski definition) is 1. The zero-order chi connectivity index (χ0) is 13.1. The Bertz CT molecular complexity index is 570. The molecule has 2 aromatic carbocycles. The minimum absolute atomic E-state index is 0.606. The normalized spacial score (nSPS) is 10.2. The van der Waals surface area contributed by atoms with Crippen molar-refractivity contribution >= 4 is 17.3 Å². The monoisotopic (exact) mass is 263 g/mol. The number of hydrogen-bond acceptors (Lipinski definition) is 3. The van der Waals surface area contributed by atoms with E-state index in [0.717, 1.165) is 22.6 Å². The molecule has 0 aromatic heterocycles. The summed E-state index contributed by atoms with van der Waals surface area (Å²) in [5.41, 5.74) is 8.34. The summed E-state index contributed by atoms with van der Waals surface area (Å²) < 4.78 is 10.6. The second kappa shape index (κ2) is 5.19. The number of anilines is 1. The highest BCUT2D eigenvalue weighted by atomic mass is 35.5. The van der Waals surface area contributed by atoms with Gasteiger partial charge in [0.15, 0.2) is 0 Å². The largest absolute Gasteiger partial charge is 0.497 e. The van der Waals surface area contributed by atoms with Crippen molar-refractivity contribution < 1.29 is 9.47 Å². The fourth-order valence-corrected chi connectivity index (χ4v) is 1.98. The number of ether oxygens (including phenoxy) is 2. The third kappa shape index (κ3) is 2.36. The van der Waals surface area contributed by atoms with Crippen LogP contribution in [0.4, 0.5) is 5.69 Å². The van der Waals surface area contributed by atoms with E-state index in [-0.39, 0.29) is 0 Å². The Hall–Kier alpha value is -1.87. The molecule has 18 heavy (non-hydrogen) atoms. The molecule has 0 fully saturated rings.